The third kappa shape index (κ3) is 4.13. The van der Waals surface area contributed by atoms with Crippen LogP contribution in [0.5, 0.6) is 5.75 Å². The fraction of sp³-hybridized carbons (Fsp3) is 0.0455. The highest BCUT2D eigenvalue weighted by Crippen LogP contribution is 2.23. The van der Waals surface area contributed by atoms with Crippen molar-refractivity contribution in [2.75, 3.05) is 0 Å². The molecule has 3 aromatic carbocycles. The highest BCUT2D eigenvalue weighted by atomic mass is 32.2. The van der Waals surface area contributed by atoms with Crippen molar-refractivity contribution in [1.82, 2.24) is 9.55 Å². The van der Waals surface area contributed by atoms with Crippen molar-refractivity contribution in [1.29, 1.82) is 0 Å². The molecule has 4 rings (SSSR count). The Bertz CT molecular complexity index is 1140. The van der Waals surface area contributed by atoms with Gasteiger partial charge in [-0.15, -0.1) is 0 Å². The molecule has 4 aromatic rings. The van der Waals surface area contributed by atoms with Crippen molar-refractivity contribution < 1.29 is 12.6 Å². The zero-order valence-corrected chi connectivity index (χ0v) is 15.8. The van der Waals surface area contributed by atoms with E-state index in [9.17, 15) is 8.42 Å². The number of hydrogen-bond donors (Lipinski definition) is 0. The number of rotatable bonds is 6. The first-order valence-electron chi connectivity index (χ1n) is 8.75. The lowest BCUT2D eigenvalue weighted by Gasteiger charge is -2.09. The predicted molar refractivity (Wildman–Crippen MR) is 107 cm³/mol. The first-order valence-corrected chi connectivity index (χ1v) is 10.2. The number of benzene rings is 3. The van der Waals surface area contributed by atoms with Gasteiger partial charge in [-0.2, -0.15) is 8.42 Å². The summed E-state index contributed by atoms with van der Waals surface area (Å²) in [5.41, 5.74) is 3.00. The van der Waals surface area contributed by atoms with Gasteiger partial charge in [0, 0.05) is 18.9 Å². The van der Waals surface area contributed by atoms with Crippen LogP contribution >= 0.6 is 0 Å². The van der Waals surface area contributed by atoms with Crippen LogP contribution in [-0.4, -0.2) is 18.0 Å². The molecule has 0 aliphatic carbocycles. The first kappa shape index (κ1) is 18.0. The molecule has 28 heavy (non-hydrogen) atoms. The Morgan fingerprint density at radius 2 is 1.50 bits per heavy atom. The Hall–Kier alpha value is -3.38. The Kier molecular flexibility index (Phi) is 4.95. The zero-order chi connectivity index (χ0) is 19.4. The van der Waals surface area contributed by atoms with E-state index in [4.69, 9.17) is 4.18 Å². The zero-order valence-electron chi connectivity index (χ0n) is 15.0. The van der Waals surface area contributed by atoms with Gasteiger partial charge < -0.3 is 8.75 Å². The maximum absolute atomic E-state index is 12.6. The minimum atomic E-state index is -3.89. The molecule has 0 radical (unpaired) electrons. The molecular weight excluding hydrogens is 372 g/mol. The third-order valence-corrected chi connectivity index (χ3v) is 5.57. The van der Waals surface area contributed by atoms with E-state index in [1.807, 2.05) is 53.2 Å². The van der Waals surface area contributed by atoms with Crippen molar-refractivity contribution in [3.8, 4) is 16.9 Å². The van der Waals surface area contributed by atoms with Crippen molar-refractivity contribution in [2.45, 2.75) is 11.4 Å². The summed E-state index contributed by atoms with van der Waals surface area (Å²) in [4.78, 5) is 4.12. The maximum atomic E-state index is 12.6. The van der Waals surface area contributed by atoms with E-state index in [2.05, 4.69) is 4.98 Å². The van der Waals surface area contributed by atoms with E-state index in [0.29, 0.717) is 6.54 Å². The Morgan fingerprint density at radius 3 is 2.14 bits per heavy atom. The largest absolute Gasteiger partial charge is 0.379 e. The number of nitrogens with zero attached hydrogens (tertiary/aromatic N) is 2. The number of aromatic nitrogens is 2. The summed E-state index contributed by atoms with van der Waals surface area (Å²) in [6, 6.07) is 23.4. The molecule has 0 bridgehead atoms. The number of imidazole rings is 1. The fourth-order valence-corrected chi connectivity index (χ4v) is 3.79. The van der Waals surface area contributed by atoms with Crippen LogP contribution in [0.1, 0.15) is 5.56 Å². The van der Waals surface area contributed by atoms with E-state index in [1.54, 1.807) is 48.9 Å². The van der Waals surface area contributed by atoms with Crippen LogP contribution in [0, 0.1) is 0 Å². The molecule has 0 N–H and O–H groups in total. The maximum Gasteiger partial charge on any atom is 0.339 e. The van der Waals surface area contributed by atoms with Gasteiger partial charge in [0.15, 0.2) is 0 Å². The van der Waals surface area contributed by atoms with Crippen LogP contribution in [-0.2, 0) is 16.7 Å². The van der Waals surface area contributed by atoms with Crippen molar-refractivity contribution in [3.63, 3.8) is 0 Å². The predicted octanol–water partition coefficient (Wildman–Crippen LogP) is 4.37. The van der Waals surface area contributed by atoms with Crippen LogP contribution in [0.4, 0.5) is 0 Å². The highest BCUT2D eigenvalue weighted by molar-refractivity contribution is 7.87. The molecule has 0 fully saturated rings. The molecule has 0 saturated carbocycles. The Morgan fingerprint density at radius 1 is 0.821 bits per heavy atom. The van der Waals surface area contributed by atoms with Crippen LogP contribution < -0.4 is 4.18 Å². The molecule has 0 atom stereocenters. The second-order valence-electron chi connectivity index (χ2n) is 6.31. The summed E-state index contributed by atoms with van der Waals surface area (Å²) in [5, 5.41) is 0. The van der Waals surface area contributed by atoms with E-state index in [-0.39, 0.29) is 10.6 Å². The average Bonchev–Trinajstić information content (AvgIpc) is 3.23. The molecule has 0 saturated heterocycles. The molecule has 1 heterocycles. The van der Waals surface area contributed by atoms with Crippen LogP contribution in [0.25, 0.3) is 11.1 Å². The molecular formula is C22H18N2O3S. The van der Waals surface area contributed by atoms with E-state index in [0.717, 1.165) is 16.7 Å². The van der Waals surface area contributed by atoms with Gasteiger partial charge in [0.1, 0.15) is 10.6 Å². The average molecular weight is 390 g/mol. The standard InChI is InChI=1S/C22H18N2O3S/c25-28(26,22-12-8-20(9-13-22)19-4-2-1-3-5-19)27-21-10-6-18(7-11-21)16-24-15-14-23-17-24/h1-15,17H,16H2. The molecule has 1 aromatic heterocycles. The smallest absolute Gasteiger partial charge is 0.339 e. The Labute approximate surface area is 164 Å². The lowest BCUT2D eigenvalue weighted by atomic mass is 10.1. The summed E-state index contributed by atoms with van der Waals surface area (Å²) >= 11 is 0. The van der Waals surface area contributed by atoms with Crippen molar-refractivity contribution >= 4 is 10.1 Å². The monoisotopic (exact) mass is 390 g/mol. The number of hydrogen-bond acceptors (Lipinski definition) is 4. The van der Waals surface area contributed by atoms with Gasteiger partial charge in [-0.1, -0.05) is 54.6 Å². The minimum absolute atomic E-state index is 0.120. The molecule has 0 aliphatic rings. The Balaban J connectivity index is 1.48. The molecule has 140 valence electrons. The van der Waals surface area contributed by atoms with Crippen LogP contribution in [0.15, 0.2) is 102 Å². The quantitative estimate of drug-likeness (QED) is 0.459. The SMILES string of the molecule is O=S(=O)(Oc1ccc(Cn2ccnc2)cc1)c1ccc(-c2ccccc2)cc1. The van der Waals surface area contributed by atoms with E-state index in [1.165, 1.54) is 0 Å². The summed E-state index contributed by atoms with van der Waals surface area (Å²) in [7, 11) is -3.89. The topological polar surface area (TPSA) is 61.2 Å². The lowest BCUT2D eigenvalue weighted by Crippen LogP contribution is -2.09. The van der Waals surface area contributed by atoms with Gasteiger partial charge in [-0.25, -0.2) is 4.98 Å². The highest BCUT2D eigenvalue weighted by Gasteiger charge is 2.16. The van der Waals surface area contributed by atoms with Gasteiger partial charge in [-0.3, -0.25) is 0 Å². The molecule has 0 spiro atoms. The summed E-state index contributed by atoms with van der Waals surface area (Å²) < 4.78 is 32.3. The van der Waals surface area contributed by atoms with Gasteiger partial charge in [0.25, 0.3) is 0 Å². The molecule has 0 aliphatic heterocycles. The summed E-state index contributed by atoms with van der Waals surface area (Å²) in [6.07, 6.45) is 5.31. The molecule has 6 heteroatoms. The normalized spacial score (nSPS) is 11.3. The molecule has 0 amide bonds. The lowest BCUT2D eigenvalue weighted by molar-refractivity contribution is 0.486. The first-order chi connectivity index (χ1) is 13.6. The molecule has 0 unspecified atom stereocenters. The van der Waals surface area contributed by atoms with Crippen molar-refractivity contribution in [3.05, 3.63) is 103 Å². The van der Waals surface area contributed by atoms with E-state index < -0.39 is 10.1 Å². The third-order valence-electron chi connectivity index (χ3n) is 4.30. The van der Waals surface area contributed by atoms with Crippen LogP contribution in [0.3, 0.4) is 0 Å². The van der Waals surface area contributed by atoms with E-state index >= 15 is 0 Å². The second-order valence-corrected chi connectivity index (χ2v) is 7.85. The van der Waals surface area contributed by atoms with Gasteiger partial charge in [0.05, 0.1) is 6.33 Å². The molecule has 5 nitrogen and oxygen atoms in total. The van der Waals surface area contributed by atoms with Gasteiger partial charge in [-0.05, 0) is 41.0 Å². The minimum Gasteiger partial charge on any atom is -0.379 e. The van der Waals surface area contributed by atoms with Crippen molar-refractivity contribution in [2.24, 2.45) is 0 Å². The summed E-state index contributed by atoms with van der Waals surface area (Å²) in [6.45, 7) is 0.661. The van der Waals surface area contributed by atoms with Gasteiger partial charge in [0.2, 0.25) is 0 Å². The fourth-order valence-electron chi connectivity index (χ4n) is 2.86. The summed E-state index contributed by atoms with van der Waals surface area (Å²) in [5.74, 6) is 0.279. The van der Waals surface area contributed by atoms with Crippen LogP contribution in [0.2, 0.25) is 0 Å². The van der Waals surface area contributed by atoms with Gasteiger partial charge >= 0.3 is 10.1 Å². The second kappa shape index (κ2) is 7.70.